The highest BCUT2D eigenvalue weighted by molar-refractivity contribution is 7.91. The Morgan fingerprint density at radius 2 is 0.430 bits per heavy atom. The van der Waals surface area contributed by atoms with E-state index in [1.807, 2.05) is 224 Å². The molecule has 4 heterocycles. The van der Waals surface area contributed by atoms with E-state index in [4.69, 9.17) is 18.9 Å². The van der Waals surface area contributed by atoms with Gasteiger partial charge in [-0.1, -0.05) is 201 Å². The number of hydrogen-bond donors (Lipinski definition) is 0. The average Bonchev–Trinajstić information content (AvgIpc) is 0.827. The topological polar surface area (TPSA) is 208 Å². The van der Waals surface area contributed by atoms with E-state index >= 15 is 0 Å². The molecule has 0 saturated heterocycles. The van der Waals surface area contributed by atoms with Crippen LogP contribution in [-0.2, 0) is 81.9 Å². The van der Waals surface area contributed by atoms with Crippen LogP contribution in [0.1, 0.15) is 168 Å². The number of ether oxygens (including phenoxy) is 4. The fourth-order valence-electron chi connectivity index (χ4n) is 14.3. The molecule has 16 nitrogen and oxygen atoms in total. The number of sulfone groups is 2. The van der Waals surface area contributed by atoms with Gasteiger partial charge in [-0.25, -0.2) is 36.8 Å². The van der Waals surface area contributed by atoms with Gasteiger partial charge in [-0.15, -0.1) is 0 Å². The van der Waals surface area contributed by atoms with Crippen molar-refractivity contribution < 1.29 is 35.8 Å². The molecule has 0 amide bonds. The van der Waals surface area contributed by atoms with E-state index < -0.39 is 19.7 Å². The van der Waals surface area contributed by atoms with E-state index in [1.165, 1.54) is 44.5 Å². The maximum absolute atomic E-state index is 12.7. The Labute approximate surface area is 754 Å². The first kappa shape index (κ1) is 91.7. The lowest BCUT2D eigenvalue weighted by molar-refractivity contribution is 0.480. The van der Waals surface area contributed by atoms with Gasteiger partial charge in [-0.05, 0) is 302 Å². The molecular weight excluding hydrogens is 1630 g/mol. The molecule has 648 valence electrons. The lowest BCUT2D eigenvalue weighted by Crippen LogP contribution is -2.18. The molecule has 0 aliphatic carbocycles. The molecule has 4 aromatic heterocycles. The summed E-state index contributed by atoms with van der Waals surface area (Å²) in [4.78, 5) is 18.1. The van der Waals surface area contributed by atoms with Gasteiger partial charge in [0, 0.05) is 59.3 Å². The van der Waals surface area contributed by atoms with Crippen LogP contribution in [0.2, 0.25) is 0 Å². The summed E-state index contributed by atoms with van der Waals surface area (Å²) in [7, 11) is -6.97. The average molecular weight is 1730 g/mol. The summed E-state index contributed by atoms with van der Waals surface area (Å²) in [6.45, 7) is 25.1. The molecular formula is C110H108N8O8S2. The third-order valence-electron chi connectivity index (χ3n) is 22.5. The second kappa shape index (κ2) is 42.8. The summed E-state index contributed by atoms with van der Waals surface area (Å²) in [5, 5.41) is 16.6. The molecule has 0 aliphatic heterocycles. The Kier molecular flexibility index (Phi) is 30.7. The molecule has 16 aromatic rings. The Morgan fingerprint density at radius 3 is 0.641 bits per heavy atom. The SMILES string of the molecule is CCc1ccc(Oc2ccc(C(C)(C)c3ccc(Oc4ccc(Cc5cc(C)ncn5)cc4)cc3)cc2)cc1.CCc1ccc(Oc2ccc(C(C)(C)c3ccc(Oc4ccc(Cc5ccc(C)nn5)cc4)cc3)cc2)cc1.CCc1ccc(S(=O)(=O)c2ccc(Cc3cc(C)ncn3)cc2)cc1.CCc1ccc(S(=O)(=O)c2ccc(Cc3ccc(C)nn3)cc2)cc1. The first-order valence-corrected chi connectivity index (χ1v) is 46.2. The summed E-state index contributed by atoms with van der Waals surface area (Å²) in [6.07, 6.45) is 9.77. The van der Waals surface area contributed by atoms with Crippen LogP contribution >= 0.6 is 0 Å². The summed E-state index contributed by atoms with van der Waals surface area (Å²) >= 11 is 0. The third kappa shape index (κ3) is 25.2. The molecule has 0 fully saturated rings. The van der Waals surface area contributed by atoms with Gasteiger partial charge in [0.1, 0.15) is 58.7 Å². The first-order valence-electron chi connectivity index (χ1n) is 43.2. The number of rotatable bonds is 28. The van der Waals surface area contributed by atoms with Crippen LogP contribution in [-0.4, -0.2) is 57.2 Å². The molecule has 0 saturated carbocycles. The Bertz CT molecular complexity index is 6500. The highest BCUT2D eigenvalue weighted by atomic mass is 32.2. The molecule has 0 bridgehead atoms. The van der Waals surface area contributed by atoms with Gasteiger partial charge < -0.3 is 18.9 Å². The smallest absolute Gasteiger partial charge is 0.206 e. The van der Waals surface area contributed by atoms with Crippen LogP contribution in [0.25, 0.3) is 0 Å². The standard InChI is InChI=1S/2C35H34N2O2.2C20H20N2O2S/c1-5-26-7-16-31(17-8-26)38-33-20-11-28(12-21-33)35(3,4)29-13-22-34(23-14-29)39-32-18-9-27(10-19-32)24-30-15-6-25(2)36-37-30;1-5-26-6-14-31(15-7-26)38-33-18-10-28(11-19-33)35(3,4)29-12-20-34(21-13-29)39-32-16-8-27(9-17-32)23-30-22-25(2)36-24-37-30;1-3-16-5-10-19(11-6-16)25(23,24)20-12-7-17(8-13-20)14-18-9-4-15(2)21-22-18;1-3-16-4-8-19(9-5-16)25(23,24)20-10-6-17(7-11-20)13-18-12-15(2)21-14-22-18/h6-23H,5,24H2,1-4H3;6-22,24H,5,23H2,1-4H3;4-13H,3,14H2,1-2H3;4-12,14H,3,13H2,1-2H3. The van der Waals surface area contributed by atoms with Crippen LogP contribution in [0.5, 0.6) is 46.0 Å². The molecule has 0 radical (unpaired) electrons. The van der Waals surface area contributed by atoms with E-state index in [1.54, 1.807) is 61.2 Å². The van der Waals surface area contributed by atoms with Crippen molar-refractivity contribution in [2.45, 2.75) is 165 Å². The minimum atomic E-state index is -3.49. The second-order valence-corrected chi connectivity index (χ2v) is 36.6. The molecule has 16 rings (SSSR count). The van der Waals surface area contributed by atoms with Gasteiger partial charge in [0.05, 0.1) is 42.4 Å². The van der Waals surface area contributed by atoms with Crippen molar-refractivity contribution in [3.8, 4) is 46.0 Å². The van der Waals surface area contributed by atoms with Gasteiger partial charge in [-0.3, -0.25) is 0 Å². The van der Waals surface area contributed by atoms with E-state index in [-0.39, 0.29) is 10.8 Å². The van der Waals surface area contributed by atoms with Crippen LogP contribution < -0.4 is 18.9 Å². The molecule has 0 spiro atoms. The van der Waals surface area contributed by atoms with E-state index in [0.717, 1.165) is 152 Å². The number of benzene rings is 12. The van der Waals surface area contributed by atoms with Crippen LogP contribution in [0.3, 0.4) is 0 Å². The minimum absolute atomic E-state index is 0.166. The summed E-state index contributed by atoms with van der Waals surface area (Å²) in [5.74, 6) is 6.61. The van der Waals surface area contributed by atoms with Crippen LogP contribution in [0, 0.1) is 27.7 Å². The summed E-state index contributed by atoms with van der Waals surface area (Å²) < 4.78 is 75.2. The number of hydrogen-bond acceptors (Lipinski definition) is 16. The number of aryl methyl sites for hydroxylation is 8. The van der Waals surface area contributed by atoms with E-state index in [2.05, 4.69) is 179 Å². The van der Waals surface area contributed by atoms with Gasteiger partial charge in [0.25, 0.3) is 0 Å². The van der Waals surface area contributed by atoms with Crippen molar-refractivity contribution in [2.75, 3.05) is 0 Å². The second-order valence-electron chi connectivity index (χ2n) is 32.7. The largest absolute Gasteiger partial charge is 0.457 e. The number of nitrogens with zero attached hydrogens (tertiary/aromatic N) is 8. The molecule has 18 heteroatoms. The van der Waals surface area contributed by atoms with Gasteiger partial charge in [-0.2, -0.15) is 20.4 Å². The van der Waals surface area contributed by atoms with E-state index in [0.29, 0.717) is 32.4 Å². The van der Waals surface area contributed by atoms with Crippen molar-refractivity contribution in [3.63, 3.8) is 0 Å². The molecule has 0 aliphatic rings. The minimum Gasteiger partial charge on any atom is -0.457 e. The lowest BCUT2D eigenvalue weighted by atomic mass is 9.78. The van der Waals surface area contributed by atoms with Crippen molar-refractivity contribution in [1.29, 1.82) is 0 Å². The Morgan fingerprint density at radius 1 is 0.227 bits per heavy atom. The lowest BCUT2D eigenvalue weighted by Gasteiger charge is -2.26. The number of aromatic nitrogens is 8. The van der Waals surface area contributed by atoms with Crippen LogP contribution in [0.4, 0.5) is 0 Å². The Hall–Kier alpha value is -13.9. The third-order valence-corrected chi connectivity index (χ3v) is 26.0. The fourth-order valence-corrected chi connectivity index (χ4v) is 16.8. The molecule has 12 aromatic carbocycles. The van der Waals surface area contributed by atoms with Crippen molar-refractivity contribution in [3.05, 3.63) is 453 Å². The van der Waals surface area contributed by atoms with E-state index in [9.17, 15) is 16.8 Å². The maximum atomic E-state index is 12.7. The zero-order valence-electron chi connectivity index (χ0n) is 74.6. The molecule has 128 heavy (non-hydrogen) atoms. The zero-order chi connectivity index (χ0) is 90.2. The Balaban J connectivity index is 0.000000149. The summed E-state index contributed by atoms with van der Waals surface area (Å²) in [5.41, 5.74) is 21.2. The zero-order valence-corrected chi connectivity index (χ0v) is 76.3. The van der Waals surface area contributed by atoms with Crippen molar-refractivity contribution in [1.82, 2.24) is 40.3 Å². The van der Waals surface area contributed by atoms with Gasteiger partial charge >= 0.3 is 0 Å². The molecule has 0 unspecified atom stereocenters. The van der Waals surface area contributed by atoms with Crippen molar-refractivity contribution in [2.24, 2.45) is 0 Å². The summed E-state index contributed by atoms with van der Waals surface area (Å²) in [6, 6.07) is 106. The van der Waals surface area contributed by atoms with Gasteiger partial charge in [0.2, 0.25) is 19.7 Å². The first-order chi connectivity index (χ1) is 61.7. The predicted octanol–water partition coefficient (Wildman–Crippen LogP) is 25.2. The normalized spacial score (nSPS) is 11.3. The van der Waals surface area contributed by atoms with Crippen LogP contribution in [0.15, 0.2) is 360 Å². The highest BCUT2D eigenvalue weighted by Crippen LogP contribution is 2.38. The monoisotopic (exact) mass is 1730 g/mol. The molecule has 0 N–H and O–H groups in total. The molecule has 0 atom stereocenters. The predicted molar refractivity (Wildman–Crippen MR) is 509 cm³/mol. The highest BCUT2D eigenvalue weighted by Gasteiger charge is 2.26. The quantitative estimate of drug-likeness (QED) is 0.0446. The maximum Gasteiger partial charge on any atom is 0.206 e. The van der Waals surface area contributed by atoms with Crippen molar-refractivity contribution >= 4 is 19.7 Å². The fraction of sp³-hybridized carbons (Fsp3) is 0.200. The van der Waals surface area contributed by atoms with Gasteiger partial charge in [0.15, 0.2) is 0 Å².